The molecule has 0 unspecified atom stereocenters. The lowest BCUT2D eigenvalue weighted by Gasteiger charge is -2.03. The molecule has 5 heteroatoms. The summed E-state index contributed by atoms with van der Waals surface area (Å²) in [5, 5.41) is 14.4. The fraction of sp³-hybridized carbons (Fsp3) is 0.500. The monoisotopic (exact) mass is 198 g/mol. The zero-order valence-electron chi connectivity index (χ0n) is 6.99. The molecule has 0 amide bonds. The average Bonchev–Trinajstić information content (AvgIpc) is 2.75. The number of hydrogen-bond donors (Lipinski definition) is 2. The van der Waals surface area contributed by atoms with E-state index < -0.39 is 5.97 Å². The molecule has 2 heterocycles. The van der Waals surface area contributed by atoms with E-state index in [0.717, 1.165) is 24.4 Å². The molecule has 1 aromatic rings. The number of carboxylic acid groups (broad SMARTS) is 1. The number of aromatic nitrogens is 1. The van der Waals surface area contributed by atoms with Crippen LogP contribution in [0.15, 0.2) is 5.38 Å². The number of aromatic carboxylic acids is 1. The highest BCUT2D eigenvalue weighted by molar-refractivity contribution is 7.09. The minimum absolute atomic E-state index is 0.161. The van der Waals surface area contributed by atoms with Gasteiger partial charge in [0.05, 0.1) is 6.04 Å². The number of thiazole rings is 1. The third kappa shape index (κ3) is 1.71. The van der Waals surface area contributed by atoms with Crippen LogP contribution in [-0.4, -0.2) is 22.6 Å². The maximum atomic E-state index is 10.6. The Morgan fingerprint density at radius 1 is 1.77 bits per heavy atom. The standard InChI is InChI=1S/C8H10N2O2S/c11-8(12)6-4-13-7(10-6)5-2-1-3-9-5/h4-5,9H,1-3H2,(H,11,12)/t5-/m0/s1. The Labute approximate surface area is 79.6 Å². The van der Waals surface area contributed by atoms with E-state index in [9.17, 15) is 4.79 Å². The Morgan fingerprint density at radius 2 is 2.62 bits per heavy atom. The summed E-state index contributed by atoms with van der Waals surface area (Å²) in [5.41, 5.74) is 0.161. The van der Waals surface area contributed by atoms with E-state index >= 15 is 0 Å². The van der Waals surface area contributed by atoms with Crippen LogP contribution < -0.4 is 5.32 Å². The molecule has 2 rings (SSSR count). The van der Waals surface area contributed by atoms with E-state index in [1.54, 1.807) is 5.38 Å². The van der Waals surface area contributed by atoms with Crippen molar-refractivity contribution in [3.8, 4) is 0 Å². The molecule has 1 aliphatic rings. The molecular formula is C8H10N2O2S. The first kappa shape index (κ1) is 8.65. The molecule has 1 saturated heterocycles. The van der Waals surface area contributed by atoms with Crippen LogP contribution in [0.1, 0.15) is 34.4 Å². The van der Waals surface area contributed by atoms with Gasteiger partial charge in [0.15, 0.2) is 5.69 Å². The lowest BCUT2D eigenvalue weighted by Crippen LogP contribution is -2.12. The molecule has 0 spiro atoms. The molecule has 1 aromatic heterocycles. The molecule has 2 N–H and O–H groups in total. The van der Waals surface area contributed by atoms with E-state index in [-0.39, 0.29) is 11.7 Å². The first-order valence-electron chi connectivity index (χ1n) is 4.19. The highest BCUT2D eigenvalue weighted by Gasteiger charge is 2.20. The number of nitrogens with zero attached hydrogens (tertiary/aromatic N) is 1. The summed E-state index contributed by atoms with van der Waals surface area (Å²) in [6, 6.07) is 0.276. The zero-order valence-corrected chi connectivity index (χ0v) is 7.80. The van der Waals surface area contributed by atoms with Crippen LogP contribution in [0.25, 0.3) is 0 Å². The predicted molar refractivity (Wildman–Crippen MR) is 49.1 cm³/mol. The number of hydrogen-bond acceptors (Lipinski definition) is 4. The van der Waals surface area contributed by atoms with Crippen molar-refractivity contribution >= 4 is 17.3 Å². The van der Waals surface area contributed by atoms with E-state index in [4.69, 9.17) is 5.11 Å². The molecule has 0 bridgehead atoms. The van der Waals surface area contributed by atoms with Crippen LogP contribution in [-0.2, 0) is 0 Å². The normalized spacial score (nSPS) is 22.0. The maximum Gasteiger partial charge on any atom is 0.355 e. The van der Waals surface area contributed by atoms with Crippen molar-refractivity contribution in [1.29, 1.82) is 0 Å². The SMILES string of the molecule is O=C(O)c1csc([C@@H]2CCCN2)n1. The Morgan fingerprint density at radius 3 is 3.15 bits per heavy atom. The molecule has 0 aliphatic carbocycles. The van der Waals surface area contributed by atoms with E-state index in [1.807, 2.05) is 0 Å². The van der Waals surface area contributed by atoms with Gasteiger partial charge in [-0.25, -0.2) is 9.78 Å². The number of nitrogens with one attached hydrogen (secondary N) is 1. The second-order valence-electron chi connectivity index (χ2n) is 3.03. The second-order valence-corrected chi connectivity index (χ2v) is 3.91. The summed E-state index contributed by atoms with van der Waals surface area (Å²) in [6.07, 6.45) is 2.21. The second kappa shape index (κ2) is 3.43. The van der Waals surface area contributed by atoms with Crippen LogP contribution in [0, 0.1) is 0 Å². The van der Waals surface area contributed by atoms with Gasteiger partial charge in [0.25, 0.3) is 0 Å². The Bertz CT molecular complexity index is 318. The van der Waals surface area contributed by atoms with Crippen LogP contribution in [0.2, 0.25) is 0 Å². The Hall–Kier alpha value is -0.940. The zero-order chi connectivity index (χ0) is 9.26. The summed E-state index contributed by atoms with van der Waals surface area (Å²) in [5.74, 6) is -0.944. The van der Waals surface area contributed by atoms with Crippen molar-refractivity contribution in [1.82, 2.24) is 10.3 Å². The third-order valence-electron chi connectivity index (χ3n) is 2.10. The third-order valence-corrected chi connectivity index (χ3v) is 3.06. The van der Waals surface area contributed by atoms with Crippen molar-refractivity contribution < 1.29 is 9.90 Å². The Balaban J connectivity index is 2.16. The number of carboxylic acids is 1. The predicted octanol–water partition coefficient (Wildman–Crippen LogP) is 1.27. The van der Waals surface area contributed by atoms with Gasteiger partial charge in [0.1, 0.15) is 5.01 Å². The molecule has 0 radical (unpaired) electrons. The lowest BCUT2D eigenvalue weighted by atomic mass is 10.2. The van der Waals surface area contributed by atoms with Gasteiger partial charge in [-0.2, -0.15) is 0 Å². The van der Waals surface area contributed by atoms with Gasteiger partial charge in [0, 0.05) is 5.38 Å². The van der Waals surface area contributed by atoms with E-state index in [0.29, 0.717) is 0 Å². The summed E-state index contributed by atoms with van der Waals surface area (Å²) >= 11 is 1.42. The van der Waals surface area contributed by atoms with Gasteiger partial charge in [0.2, 0.25) is 0 Å². The average molecular weight is 198 g/mol. The molecule has 0 aromatic carbocycles. The molecule has 70 valence electrons. The molecule has 1 aliphatic heterocycles. The molecular weight excluding hydrogens is 188 g/mol. The first-order chi connectivity index (χ1) is 6.27. The van der Waals surface area contributed by atoms with Gasteiger partial charge < -0.3 is 10.4 Å². The highest BCUT2D eigenvalue weighted by atomic mass is 32.1. The van der Waals surface area contributed by atoms with Crippen LogP contribution in [0.4, 0.5) is 0 Å². The van der Waals surface area contributed by atoms with Gasteiger partial charge in [-0.3, -0.25) is 0 Å². The lowest BCUT2D eigenvalue weighted by molar-refractivity contribution is 0.0691. The summed E-state index contributed by atoms with van der Waals surface area (Å²) < 4.78 is 0. The van der Waals surface area contributed by atoms with Crippen molar-refractivity contribution in [3.05, 3.63) is 16.1 Å². The van der Waals surface area contributed by atoms with Crippen LogP contribution in [0.3, 0.4) is 0 Å². The van der Waals surface area contributed by atoms with Crippen LogP contribution in [0.5, 0.6) is 0 Å². The van der Waals surface area contributed by atoms with E-state index in [2.05, 4.69) is 10.3 Å². The highest BCUT2D eigenvalue weighted by Crippen LogP contribution is 2.25. The smallest absolute Gasteiger partial charge is 0.355 e. The fourth-order valence-electron chi connectivity index (χ4n) is 1.44. The largest absolute Gasteiger partial charge is 0.476 e. The van der Waals surface area contributed by atoms with Crippen molar-refractivity contribution in [2.75, 3.05) is 6.54 Å². The molecule has 1 fully saturated rings. The minimum atomic E-state index is -0.944. The first-order valence-corrected chi connectivity index (χ1v) is 5.07. The van der Waals surface area contributed by atoms with Gasteiger partial charge in [-0.1, -0.05) is 0 Å². The topological polar surface area (TPSA) is 62.2 Å². The van der Waals surface area contributed by atoms with Gasteiger partial charge in [-0.15, -0.1) is 11.3 Å². The molecule has 4 nitrogen and oxygen atoms in total. The fourth-order valence-corrected chi connectivity index (χ4v) is 2.34. The van der Waals surface area contributed by atoms with Gasteiger partial charge in [-0.05, 0) is 19.4 Å². The Kier molecular flexibility index (Phi) is 2.28. The minimum Gasteiger partial charge on any atom is -0.476 e. The molecule has 1 atom stereocenters. The van der Waals surface area contributed by atoms with Crippen molar-refractivity contribution in [2.45, 2.75) is 18.9 Å². The van der Waals surface area contributed by atoms with Crippen molar-refractivity contribution in [3.63, 3.8) is 0 Å². The maximum absolute atomic E-state index is 10.6. The van der Waals surface area contributed by atoms with Crippen LogP contribution >= 0.6 is 11.3 Å². The van der Waals surface area contributed by atoms with Gasteiger partial charge >= 0.3 is 5.97 Å². The number of rotatable bonds is 2. The van der Waals surface area contributed by atoms with Crippen molar-refractivity contribution in [2.24, 2.45) is 0 Å². The molecule has 0 saturated carbocycles. The summed E-state index contributed by atoms with van der Waals surface area (Å²) in [6.45, 7) is 1.01. The quantitative estimate of drug-likeness (QED) is 0.751. The molecule has 13 heavy (non-hydrogen) atoms. The van der Waals surface area contributed by atoms with E-state index in [1.165, 1.54) is 11.3 Å². The number of carbonyl (C=O) groups is 1. The summed E-state index contributed by atoms with van der Waals surface area (Å²) in [4.78, 5) is 14.6. The summed E-state index contributed by atoms with van der Waals surface area (Å²) in [7, 11) is 0.